The summed E-state index contributed by atoms with van der Waals surface area (Å²) in [7, 11) is 0. The van der Waals surface area contributed by atoms with E-state index in [4.69, 9.17) is 11.6 Å². The summed E-state index contributed by atoms with van der Waals surface area (Å²) in [5.41, 5.74) is 2.87. The van der Waals surface area contributed by atoms with Gasteiger partial charge in [-0.3, -0.25) is 0 Å². The van der Waals surface area contributed by atoms with Crippen LogP contribution in [0.4, 0.5) is 5.95 Å². The van der Waals surface area contributed by atoms with Gasteiger partial charge in [0.15, 0.2) is 0 Å². The predicted molar refractivity (Wildman–Crippen MR) is 94.8 cm³/mol. The molecule has 118 valence electrons. The zero-order valence-electron chi connectivity index (χ0n) is 12.8. The van der Waals surface area contributed by atoms with Gasteiger partial charge in [-0.1, -0.05) is 49.1 Å². The van der Waals surface area contributed by atoms with E-state index in [9.17, 15) is 0 Å². The van der Waals surface area contributed by atoms with E-state index in [0.717, 1.165) is 22.2 Å². The van der Waals surface area contributed by atoms with E-state index in [1.165, 1.54) is 32.1 Å². The van der Waals surface area contributed by atoms with E-state index in [2.05, 4.69) is 32.4 Å². The van der Waals surface area contributed by atoms with Crippen molar-refractivity contribution in [2.75, 3.05) is 5.32 Å². The largest absolute Gasteiger partial charge is 0.360 e. The second-order valence-corrected chi connectivity index (χ2v) is 6.52. The fraction of sp³-hybridized carbons (Fsp3) is 0.333. The van der Waals surface area contributed by atoms with Gasteiger partial charge in [-0.15, -0.1) is 0 Å². The van der Waals surface area contributed by atoms with Crippen molar-refractivity contribution in [3.8, 4) is 11.3 Å². The molecule has 2 heterocycles. The molecule has 0 aliphatic heterocycles. The zero-order chi connectivity index (χ0) is 15.6. The fourth-order valence-corrected chi connectivity index (χ4v) is 3.52. The van der Waals surface area contributed by atoms with E-state index in [-0.39, 0.29) is 0 Å². The lowest BCUT2D eigenvalue weighted by Gasteiger charge is -2.22. The molecule has 23 heavy (non-hydrogen) atoms. The number of fused-ring (bicyclic) bond motifs is 1. The standard InChI is InChI=1S/C18H19ClN4/c19-15-11-21-18(22-12-6-2-1-3-7-12)23-17(15)14-10-20-16-9-5-4-8-13(14)16/h4-5,8-12,20H,1-3,6-7H2,(H,21,22,23). The molecule has 2 N–H and O–H groups in total. The lowest BCUT2D eigenvalue weighted by Crippen LogP contribution is -2.23. The number of aromatic amines is 1. The molecule has 0 atom stereocenters. The van der Waals surface area contributed by atoms with Crippen LogP contribution in [0.25, 0.3) is 22.2 Å². The normalized spacial score (nSPS) is 15.9. The molecular weight excluding hydrogens is 308 g/mol. The molecule has 5 heteroatoms. The van der Waals surface area contributed by atoms with Crippen LogP contribution in [0.5, 0.6) is 0 Å². The molecule has 0 unspecified atom stereocenters. The third-order valence-corrected chi connectivity index (χ3v) is 4.80. The van der Waals surface area contributed by atoms with Crippen molar-refractivity contribution in [3.63, 3.8) is 0 Å². The summed E-state index contributed by atoms with van der Waals surface area (Å²) in [6.45, 7) is 0. The summed E-state index contributed by atoms with van der Waals surface area (Å²) in [4.78, 5) is 12.3. The van der Waals surface area contributed by atoms with Crippen molar-refractivity contribution in [2.45, 2.75) is 38.1 Å². The van der Waals surface area contributed by atoms with Crippen molar-refractivity contribution in [3.05, 3.63) is 41.7 Å². The Labute approximate surface area is 140 Å². The van der Waals surface area contributed by atoms with Gasteiger partial charge < -0.3 is 10.3 Å². The van der Waals surface area contributed by atoms with Gasteiger partial charge in [0.1, 0.15) is 0 Å². The monoisotopic (exact) mass is 326 g/mol. The van der Waals surface area contributed by atoms with Crippen LogP contribution in [0.2, 0.25) is 5.02 Å². The van der Waals surface area contributed by atoms with Crippen molar-refractivity contribution in [2.24, 2.45) is 0 Å². The summed E-state index contributed by atoms with van der Waals surface area (Å²) in [6.07, 6.45) is 9.92. The number of nitrogens with zero attached hydrogens (tertiary/aromatic N) is 2. The lowest BCUT2D eigenvalue weighted by atomic mass is 9.96. The summed E-state index contributed by atoms with van der Waals surface area (Å²) < 4.78 is 0. The van der Waals surface area contributed by atoms with E-state index >= 15 is 0 Å². The highest BCUT2D eigenvalue weighted by Gasteiger charge is 2.16. The van der Waals surface area contributed by atoms with Crippen LogP contribution < -0.4 is 5.32 Å². The molecule has 0 radical (unpaired) electrons. The first-order valence-corrected chi connectivity index (χ1v) is 8.54. The first kappa shape index (κ1) is 14.5. The second-order valence-electron chi connectivity index (χ2n) is 6.12. The highest BCUT2D eigenvalue weighted by atomic mass is 35.5. The highest BCUT2D eigenvalue weighted by Crippen LogP contribution is 2.32. The minimum Gasteiger partial charge on any atom is -0.360 e. The van der Waals surface area contributed by atoms with Crippen LogP contribution in [0, 0.1) is 0 Å². The van der Waals surface area contributed by atoms with Crippen molar-refractivity contribution in [1.29, 1.82) is 0 Å². The topological polar surface area (TPSA) is 53.6 Å². The number of aromatic nitrogens is 3. The summed E-state index contributed by atoms with van der Waals surface area (Å²) in [5, 5.41) is 5.16. The maximum Gasteiger partial charge on any atom is 0.223 e. The molecule has 0 bridgehead atoms. The molecule has 0 spiro atoms. The Hall–Kier alpha value is -2.07. The number of benzene rings is 1. The van der Waals surface area contributed by atoms with Crippen LogP contribution in [0.15, 0.2) is 36.7 Å². The predicted octanol–water partition coefficient (Wildman–Crippen LogP) is 5.02. The average molecular weight is 327 g/mol. The van der Waals surface area contributed by atoms with E-state index < -0.39 is 0 Å². The molecule has 1 aromatic carbocycles. The Morgan fingerprint density at radius 2 is 1.96 bits per heavy atom. The quantitative estimate of drug-likeness (QED) is 0.710. The number of hydrogen-bond donors (Lipinski definition) is 2. The number of hydrogen-bond acceptors (Lipinski definition) is 3. The van der Waals surface area contributed by atoms with Crippen molar-refractivity contribution in [1.82, 2.24) is 15.0 Å². The molecule has 4 nitrogen and oxygen atoms in total. The highest BCUT2D eigenvalue weighted by molar-refractivity contribution is 6.33. The van der Waals surface area contributed by atoms with Gasteiger partial charge in [0.25, 0.3) is 0 Å². The van der Waals surface area contributed by atoms with Gasteiger partial charge in [-0.05, 0) is 18.9 Å². The molecule has 1 fully saturated rings. The molecule has 1 aliphatic rings. The van der Waals surface area contributed by atoms with Crippen LogP contribution >= 0.6 is 11.6 Å². The van der Waals surface area contributed by atoms with Gasteiger partial charge in [0.2, 0.25) is 5.95 Å². The van der Waals surface area contributed by atoms with E-state index in [0.29, 0.717) is 17.0 Å². The number of nitrogens with one attached hydrogen (secondary N) is 2. The van der Waals surface area contributed by atoms with Gasteiger partial charge in [-0.25, -0.2) is 9.97 Å². The van der Waals surface area contributed by atoms with Crippen LogP contribution in [0.3, 0.4) is 0 Å². The molecule has 1 saturated carbocycles. The molecule has 4 rings (SSSR count). The van der Waals surface area contributed by atoms with Crippen LogP contribution in [-0.4, -0.2) is 21.0 Å². The molecule has 0 amide bonds. The number of anilines is 1. The average Bonchev–Trinajstić information content (AvgIpc) is 3.01. The van der Waals surface area contributed by atoms with Gasteiger partial charge in [0.05, 0.1) is 16.9 Å². The Balaban J connectivity index is 1.69. The van der Waals surface area contributed by atoms with Gasteiger partial charge in [0, 0.05) is 28.7 Å². The minimum atomic E-state index is 0.473. The third kappa shape index (κ3) is 2.91. The Morgan fingerprint density at radius 1 is 1.13 bits per heavy atom. The van der Waals surface area contributed by atoms with Crippen LogP contribution in [0.1, 0.15) is 32.1 Å². The van der Waals surface area contributed by atoms with Gasteiger partial charge in [-0.2, -0.15) is 0 Å². The number of rotatable bonds is 3. The van der Waals surface area contributed by atoms with E-state index in [1.54, 1.807) is 6.20 Å². The summed E-state index contributed by atoms with van der Waals surface area (Å²) in [6, 6.07) is 8.64. The Morgan fingerprint density at radius 3 is 2.83 bits per heavy atom. The maximum atomic E-state index is 6.36. The second kappa shape index (κ2) is 6.20. The number of H-pyrrole nitrogens is 1. The number of halogens is 1. The third-order valence-electron chi connectivity index (χ3n) is 4.53. The molecule has 0 saturated heterocycles. The molecule has 2 aromatic heterocycles. The molecule has 3 aromatic rings. The SMILES string of the molecule is Clc1cnc(NC2CCCCC2)nc1-c1c[nH]c2ccccc12. The fourth-order valence-electron chi connectivity index (χ4n) is 3.32. The maximum absolute atomic E-state index is 6.36. The Kier molecular flexibility index (Phi) is 3.92. The first-order valence-electron chi connectivity index (χ1n) is 8.17. The smallest absolute Gasteiger partial charge is 0.223 e. The summed E-state index contributed by atoms with van der Waals surface area (Å²) >= 11 is 6.36. The van der Waals surface area contributed by atoms with E-state index in [1.807, 2.05) is 18.3 Å². The Bertz CT molecular complexity index is 821. The van der Waals surface area contributed by atoms with Crippen LogP contribution in [-0.2, 0) is 0 Å². The molecule has 1 aliphatic carbocycles. The zero-order valence-corrected chi connectivity index (χ0v) is 13.6. The van der Waals surface area contributed by atoms with Gasteiger partial charge >= 0.3 is 0 Å². The first-order chi connectivity index (χ1) is 11.3. The number of para-hydroxylation sites is 1. The lowest BCUT2D eigenvalue weighted by molar-refractivity contribution is 0.461. The molecular formula is C18H19ClN4. The minimum absolute atomic E-state index is 0.473. The van der Waals surface area contributed by atoms with Crippen molar-refractivity contribution < 1.29 is 0 Å². The summed E-state index contributed by atoms with van der Waals surface area (Å²) in [5.74, 6) is 0.668. The van der Waals surface area contributed by atoms with Crippen molar-refractivity contribution >= 4 is 28.5 Å².